The number of amides is 1. The quantitative estimate of drug-likeness (QED) is 0.841. The van der Waals surface area contributed by atoms with Crippen molar-refractivity contribution in [3.8, 4) is 0 Å². The molecule has 0 N–H and O–H groups in total. The number of hydrogen-bond acceptors (Lipinski definition) is 5. The van der Waals surface area contributed by atoms with E-state index in [0.717, 1.165) is 17.5 Å². The van der Waals surface area contributed by atoms with Crippen LogP contribution in [0.2, 0.25) is 5.02 Å². The maximum atomic E-state index is 12.5. The van der Waals surface area contributed by atoms with Crippen LogP contribution in [0.15, 0.2) is 27.6 Å². The summed E-state index contributed by atoms with van der Waals surface area (Å²) < 4.78 is 28.5. The van der Waals surface area contributed by atoms with Crippen LogP contribution in [0.3, 0.4) is 0 Å². The highest BCUT2D eigenvalue weighted by atomic mass is 35.5. The molecule has 124 valence electrons. The van der Waals surface area contributed by atoms with Gasteiger partial charge in [0, 0.05) is 24.4 Å². The van der Waals surface area contributed by atoms with Gasteiger partial charge in [-0.15, -0.1) is 0 Å². The third-order valence-electron chi connectivity index (χ3n) is 3.50. The Morgan fingerprint density at radius 1 is 1.35 bits per heavy atom. The van der Waals surface area contributed by atoms with Crippen molar-refractivity contribution in [3.05, 3.63) is 45.8 Å². The van der Waals surface area contributed by atoms with Gasteiger partial charge in [-0.2, -0.15) is 0 Å². The average molecular weight is 357 g/mol. The second-order valence-electron chi connectivity index (χ2n) is 5.38. The maximum Gasteiger partial charge on any atom is 0.253 e. The molecular weight excluding hydrogens is 340 g/mol. The van der Waals surface area contributed by atoms with Crippen LogP contribution in [-0.4, -0.2) is 37.7 Å². The number of hydrogen-bond donors (Lipinski definition) is 0. The van der Waals surface area contributed by atoms with Gasteiger partial charge in [0.1, 0.15) is 5.76 Å². The first-order valence-corrected chi connectivity index (χ1v) is 9.05. The second-order valence-corrected chi connectivity index (χ2v) is 7.77. The molecule has 0 radical (unpaired) electrons. The van der Waals surface area contributed by atoms with Gasteiger partial charge in [0.2, 0.25) is 0 Å². The molecule has 0 atom stereocenters. The number of sulfone groups is 1. The van der Waals surface area contributed by atoms with E-state index < -0.39 is 9.84 Å². The number of carbonyl (C=O) groups is 1. The Labute approximate surface area is 139 Å². The van der Waals surface area contributed by atoms with Crippen LogP contribution in [0.5, 0.6) is 0 Å². The van der Waals surface area contributed by atoms with Gasteiger partial charge in [0.25, 0.3) is 5.91 Å². The zero-order chi connectivity index (χ0) is 17.4. The highest BCUT2D eigenvalue weighted by Crippen LogP contribution is 2.24. The Bertz CT molecular complexity index is 839. The molecule has 0 aliphatic rings. The Hall–Kier alpha value is -1.86. The molecule has 2 aromatic rings. The van der Waals surface area contributed by atoms with Crippen molar-refractivity contribution in [2.45, 2.75) is 25.3 Å². The number of aromatic nitrogens is 1. The van der Waals surface area contributed by atoms with Crippen LogP contribution in [0.1, 0.15) is 27.4 Å². The van der Waals surface area contributed by atoms with E-state index in [-0.39, 0.29) is 21.4 Å². The van der Waals surface area contributed by atoms with Gasteiger partial charge in [-0.1, -0.05) is 16.8 Å². The fourth-order valence-corrected chi connectivity index (χ4v) is 3.48. The first kappa shape index (κ1) is 17.5. The summed E-state index contributed by atoms with van der Waals surface area (Å²) in [5.41, 5.74) is 1.80. The lowest BCUT2D eigenvalue weighted by Gasteiger charge is -2.17. The molecule has 0 bridgehead atoms. The fourth-order valence-electron chi connectivity index (χ4n) is 2.18. The summed E-state index contributed by atoms with van der Waals surface area (Å²) in [6, 6.07) is 4.21. The minimum absolute atomic E-state index is 0.0595. The van der Waals surface area contributed by atoms with E-state index in [1.807, 2.05) is 0 Å². The number of aryl methyl sites for hydroxylation is 2. The van der Waals surface area contributed by atoms with Crippen molar-refractivity contribution in [2.75, 3.05) is 13.3 Å². The minimum atomic E-state index is -3.51. The lowest BCUT2D eigenvalue weighted by atomic mass is 10.1. The zero-order valence-corrected chi connectivity index (χ0v) is 14.8. The SMILES string of the molecule is Cc1noc(C)c1CN(C)C(=O)c1ccc(Cl)c(S(C)(=O)=O)c1. The van der Waals surface area contributed by atoms with Crippen LogP contribution >= 0.6 is 11.6 Å². The lowest BCUT2D eigenvalue weighted by Crippen LogP contribution is -2.26. The number of halogens is 1. The Morgan fingerprint density at radius 3 is 2.52 bits per heavy atom. The molecule has 0 aliphatic heterocycles. The Balaban J connectivity index is 2.30. The Kier molecular flexibility index (Phi) is 4.81. The van der Waals surface area contributed by atoms with E-state index in [9.17, 15) is 13.2 Å². The van der Waals surface area contributed by atoms with Gasteiger partial charge >= 0.3 is 0 Å². The predicted octanol–water partition coefficient (Wildman–Crippen LogP) is 2.62. The smallest absolute Gasteiger partial charge is 0.253 e. The number of rotatable bonds is 4. The summed E-state index contributed by atoms with van der Waals surface area (Å²) in [6.07, 6.45) is 1.05. The van der Waals surface area contributed by atoms with Crippen LogP contribution in [0.4, 0.5) is 0 Å². The molecule has 0 saturated carbocycles. The van der Waals surface area contributed by atoms with E-state index in [1.54, 1.807) is 20.9 Å². The fraction of sp³-hybridized carbons (Fsp3) is 0.333. The highest BCUT2D eigenvalue weighted by molar-refractivity contribution is 7.90. The van der Waals surface area contributed by atoms with Gasteiger partial charge < -0.3 is 9.42 Å². The van der Waals surface area contributed by atoms with Crippen molar-refractivity contribution in [2.24, 2.45) is 0 Å². The first-order valence-electron chi connectivity index (χ1n) is 6.78. The van der Waals surface area contributed by atoms with Crippen LogP contribution < -0.4 is 0 Å². The van der Waals surface area contributed by atoms with Crippen LogP contribution in [0.25, 0.3) is 0 Å². The molecule has 0 fully saturated rings. The van der Waals surface area contributed by atoms with Crippen molar-refractivity contribution in [1.29, 1.82) is 0 Å². The molecule has 2 rings (SSSR count). The minimum Gasteiger partial charge on any atom is -0.361 e. The topological polar surface area (TPSA) is 80.5 Å². The molecule has 0 unspecified atom stereocenters. The third-order valence-corrected chi connectivity index (χ3v) is 5.08. The summed E-state index contributed by atoms with van der Waals surface area (Å²) in [5.74, 6) is 0.335. The lowest BCUT2D eigenvalue weighted by molar-refractivity contribution is 0.0784. The molecule has 8 heteroatoms. The van der Waals surface area contributed by atoms with Crippen molar-refractivity contribution in [3.63, 3.8) is 0 Å². The molecule has 1 aromatic carbocycles. The number of nitrogens with zero attached hydrogens (tertiary/aromatic N) is 2. The molecule has 0 saturated heterocycles. The number of benzene rings is 1. The number of carbonyl (C=O) groups excluding carboxylic acids is 1. The van der Waals surface area contributed by atoms with Crippen molar-refractivity contribution >= 4 is 27.3 Å². The normalized spacial score (nSPS) is 11.5. The molecule has 1 heterocycles. The molecule has 1 aromatic heterocycles. The van der Waals surface area contributed by atoms with Crippen LogP contribution in [0, 0.1) is 13.8 Å². The predicted molar refractivity (Wildman–Crippen MR) is 86.3 cm³/mol. The van der Waals surface area contributed by atoms with Crippen molar-refractivity contribution in [1.82, 2.24) is 10.1 Å². The van der Waals surface area contributed by atoms with Crippen molar-refractivity contribution < 1.29 is 17.7 Å². The van der Waals surface area contributed by atoms with Crippen LogP contribution in [-0.2, 0) is 16.4 Å². The zero-order valence-electron chi connectivity index (χ0n) is 13.3. The van der Waals surface area contributed by atoms with Gasteiger partial charge in [0.05, 0.1) is 22.2 Å². The maximum absolute atomic E-state index is 12.5. The molecule has 0 aliphatic carbocycles. The summed E-state index contributed by atoms with van der Waals surface area (Å²) in [6.45, 7) is 3.89. The summed E-state index contributed by atoms with van der Waals surface area (Å²) in [5, 5.41) is 3.94. The summed E-state index contributed by atoms with van der Waals surface area (Å²) in [4.78, 5) is 13.9. The van der Waals surface area contributed by atoms with E-state index in [4.69, 9.17) is 16.1 Å². The highest BCUT2D eigenvalue weighted by Gasteiger charge is 2.20. The third kappa shape index (κ3) is 3.73. The van der Waals surface area contributed by atoms with Gasteiger partial charge in [-0.05, 0) is 32.0 Å². The molecule has 6 nitrogen and oxygen atoms in total. The van der Waals surface area contributed by atoms with E-state index in [0.29, 0.717) is 12.3 Å². The van der Waals surface area contributed by atoms with Gasteiger partial charge in [-0.25, -0.2) is 8.42 Å². The molecule has 0 spiro atoms. The summed E-state index contributed by atoms with van der Waals surface area (Å²) >= 11 is 5.90. The monoisotopic (exact) mass is 356 g/mol. The largest absolute Gasteiger partial charge is 0.361 e. The standard InChI is InChI=1S/C15H17ClN2O4S/c1-9-12(10(2)22-17-9)8-18(3)15(19)11-5-6-13(16)14(7-11)23(4,20)21/h5-7H,8H2,1-4H3. The molecule has 23 heavy (non-hydrogen) atoms. The van der Waals surface area contributed by atoms with E-state index >= 15 is 0 Å². The molecular formula is C15H17ClN2O4S. The second kappa shape index (κ2) is 6.33. The average Bonchev–Trinajstić information content (AvgIpc) is 2.77. The van der Waals surface area contributed by atoms with Gasteiger partial charge in [-0.3, -0.25) is 4.79 Å². The first-order chi connectivity index (χ1) is 10.6. The van der Waals surface area contributed by atoms with E-state index in [2.05, 4.69) is 5.16 Å². The van der Waals surface area contributed by atoms with E-state index in [1.165, 1.54) is 23.1 Å². The molecule has 1 amide bonds. The summed E-state index contributed by atoms with van der Waals surface area (Å²) in [7, 11) is -1.88. The Morgan fingerprint density at radius 2 is 2.00 bits per heavy atom. The van der Waals surface area contributed by atoms with Gasteiger partial charge in [0.15, 0.2) is 9.84 Å².